The van der Waals surface area contributed by atoms with Crippen LogP contribution in [-0.2, 0) is 28.6 Å². The zero-order chi connectivity index (χ0) is 23.6. The Morgan fingerprint density at radius 2 is 1.74 bits per heavy atom. The Hall–Kier alpha value is -1.85. The summed E-state index contributed by atoms with van der Waals surface area (Å²) >= 11 is 0. The second-order valence-electron chi connectivity index (χ2n) is 10.5. The lowest BCUT2D eigenvalue weighted by molar-refractivity contribution is -0.212. The molecule has 0 aromatic heterocycles. The van der Waals surface area contributed by atoms with Gasteiger partial charge < -0.3 is 14.2 Å². The molecule has 0 saturated heterocycles. The smallest absolute Gasteiger partial charge is 0.305 e. The van der Waals surface area contributed by atoms with E-state index in [0.717, 1.165) is 19.3 Å². The summed E-state index contributed by atoms with van der Waals surface area (Å²) in [5.41, 5.74) is 0.892. The van der Waals surface area contributed by atoms with Gasteiger partial charge in [0.2, 0.25) is 0 Å². The summed E-state index contributed by atoms with van der Waals surface area (Å²) in [7, 11) is 1.42. The Balaban J connectivity index is 2.34. The van der Waals surface area contributed by atoms with Crippen molar-refractivity contribution in [1.82, 2.24) is 0 Å². The van der Waals surface area contributed by atoms with Crippen LogP contribution >= 0.6 is 0 Å². The third-order valence-electron chi connectivity index (χ3n) is 7.73. The fourth-order valence-corrected chi connectivity index (χ4v) is 6.34. The van der Waals surface area contributed by atoms with Gasteiger partial charge in [0.05, 0.1) is 7.11 Å². The van der Waals surface area contributed by atoms with Gasteiger partial charge in [-0.05, 0) is 55.8 Å². The van der Waals surface area contributed by atoms with E-state index in [1.54, 1.807) is 0 Å². The molecule has 2 rings (SSSR count). The maximum Gasteiger partial charge on any atom is 0.305 e. The van der Waals surface area contributed by atoms with Crippen LogP contribution in [0.1, 0.15) is 80.6 Å². The zero-order valence-corrected chi connectivity index (χ0v) is 20.4. The number of rotatable bonds is 7. The fourth-order valence-electron chi connectivity index (χ4n) is 6.34. The fraction of sp³-hybridized carbons (Fsp3) is 0.800. The van der Waals surface area contributed by atoms with Gasteiger partial charge in [0.1, 0.15) is 12.2 Å². The van der Waals surface area contributed by atoms with Crippen molar-refractivity contribution in [2.24, 2.45) is 28.6 Å². The molecule has 6 heteroatoms. The highest BCUT2D eigenvalue weighted by Gasteiger charge is 2.60. The van der Waals surface area contributed by atoms with Gasteiger partial charge in [-0.25, -0.2) is 0 Å². The molecule has 0 aliphatic heterocycles. The highest BCUT2D eigenvalue weighted by molar-refractivity contribution is 5.69. The zero-order valence-electron chi connectivity index (χ0n) is 20.4. The van der Waals surface area contributed by atoms with E-state index >= 15 is 0 Å². The number of carbonyl (C=O) groups excluding carboxylic acids is 3. The molecule has 176 valence electrons. The Morgan fingerprint density at radius 1 is 1.13 bits per heavy atom. The quantitative estimate of drug-likeness (QED) is 0.323. The van der Waals surface area contributed by atoms with Crippen molar-refractivity contribution >= 4 is 17.9 Å². The predicted octanol–water partition coefficient (Wildman–Crippen LogP) is 4.85. The molecule has 1 fully saturated rings. The Morgan fingerprint density at radius 3 is 2.29 bits per heavy atom. The van der Waals surface area contributed by atoms with E-state index in [2.05, 4.69) is 40.7 Å². The highest BCUT2D eigenvalue weighted by Crippen LogP contribution is 2.61. The number of allylic oxidation sites excluding steroid dienone is 2. The minimum atomic E-state index is -0.474. The summed E-state index contributed by atoms with van der Waals surface area (Å²) in [6.07, 6.45) is 5.22. The molecule has 0 amide bonds. The second-order valence-corrected chi connectivity index (χ2v) is 10.5. The van der Waals surface area contributed by atoms with Crippen molar-refractivity contribution in [2.75, 3.05) is 7.11 Å². The van der Waals surface area contributed by atoms with Gasteiger partial charge in [-0.15, -0.1) is 0 Å². The summed E-state index contributed by atoms with van der Waals surface area (Å²) in [4.78, 5) is 35.4. The van der Waals surface area contributed by atoms with Gasteiger partial charge >= 0.3 is 17.9 Å². The molecule has 0 bridgehead atoms. The Kier molecular flexibility index (Phi) is 7.99. The molecule has 6 atom stereocenters. The summed E-state index contributed by atoms with van der Waals surface area (Å²) < 4.78 is 16.3. The summed E-state index contributed by atoms with van der Waals surface area (Å²) in [6, 6.07) is 0. The molecule has 1 saturated carbocycles. The predicted molar refractivity (Wildman–Crippen MR) is 118 cm³/mol. The van der Waals surface area contributed by atoms with Crippen LogP contribution < -0.4 is 0 Å². The van der Waals surface area contributed by atoms with Crippen LogP contribution in [-0.4, -0.2) is 37.2 Å². The van der Waals surface area contributed by atoms with Gasteiger partial charge in [0.15, 0.2) is 0 Å². The van der Waals surface area contributed by atoms with E-state index in [4.69, 9.17) is 14.2 Å². The third-order valence-corrected chi connectivity index (χ3v) is 7.73. The third kappa shape index (κ3) is 5.50. The van der Waals surface area contributed by atoms with E-state index in [9.17, 15) is 14.4 Å². The van der Waals surface area contributed by atoms with Crippen LogP contribution in [0.2, 0.25) is 0 Å². The van der Waals surface area contributed by atoms with Crippen LogP contribution in [0.3, 0.4) is 0 Å². The first-order valence-corrected chi connectivity index (χ1v) is 11.4. The lowest BCUT2D eigenvalue weighted by Gasteiger charge is -2.60. The molecule has 2 aliphatic carbocycles. The van der Waals surface area contributed by atoms with Crippen molar-refractivity contribution in [2.45, 2.75) is 92.8 Å². The average Bonchev–Trinajstić information content (AvgIpc) is 2.63. The monoisotopic (exact) mass is 436 g/mol. The van der Waals surface area contributed by atoms with E-state index in [1.165, 1.54) is 26.5 Å². The average molecular weight is 437 g/mol. The number of fused-ring (bicyclic) bond motifs is 1. The maximum absolute atomic E-state index is 11.9. The molecular formula is C25H40O6. The van der Waals surface area contributed by atoms with Crippen LogP contribution in [0.25, 0.3) is 0 Å². The molecule has 31 heavy (non-hydrogen) atoms. The lowest BCUT2D eigenvalue weighted by Crippen LogP contribution is -2.61. The van der Waals surface area contributed by atoms with Crippen LogP contribution in [0, 0.1) is 28.6 Å². The Labute approximate surface area is 187 Å². The van der Waals surface area contributed by atoms with Gasteiger partial charge in [-0.1, -0.05) is 39.3 Å². The molecule has 0 N–H and O–H groups in total. The SMILES string of the molecule is COC(=O)C[C@H](C)CC[C@@H]1C(C)=CC[C@@H]2C(C)(C)[C@H](OC(C)=O)[C@@H](OC(C)=O)C[C@@]12C. The number of hydrogen-bond acceptors (Lipinski definition) is 6. The molecular weight excluding hydrogens is 396 g/mol. The van der Waals surface area contributed by atoms with Crippen LogP contribution in [0.15, 0.2) is 11.6 Å². The van der Waals surface area contributed by atoms with Crippen molar-refractivity contribution in [3.63, 3.8) is 0 Å². The van der Waals surface area contributed by atoms with E-state index in [1.807, 2.05) is 0 Å². The molecule has 6 nitrogen and oxygen atoms in total. The highest BCUT2D eigenvalue weighted by atomic mass is 16.6. The van der Waals surface area contributed by atoms with E-state index < -0.39 is 12.2 Å². The molecule has 0 heterocycles. The van der Waals surface area contributed by atoms with Gasteiger partial charge in [0.25, 0.3) is 0 Å². The maximum atomic E-state index is 11.9. The number of ether oxygens (including phenoxy) is 3. The standard InChI is InChI=1S/C25H40O6/c1-15(13-22(28)29-8)9-11-19-16(2)10-12-21-24(5,6)23(31-18(4)27)20(30-17(3)26)14-25(19,21)7/h10,15,19-21,23H,9,11-14H2,1-8H3/t15-,19-,20+,21-,23-,25+/m1/s1. The first kappa shape index (κ1) is 25.4. The van der Waals surface area contributed by atoms with Crippen LogP contribution in [0.4, 0.5) is 0 Å². The number of methoxy groups -OCH3 is 1. The summed E-state index contributed by atoms with van der Waals surface area (Å²) in [6.45, 7) is 13.6. The number of carbonyl (C=O) groups is 3. The van der Waals surface area contributed by atoms with E-state index in [-0.39, 0.29) is 40.6 Å². The molecule has 0 radical (unpaired) electrons. The molecule has 2 aliphatic rings. The van der Waals surface area contributed by atoms with Gasteiger partial charge in [-0.2, -0.15) is 0 Å². The number of esters is 3. The van der Waals surface area contributed by atoms with Gasteiger partial charge in [-0.3, -0.25) is 14.4 Å². The van der Waals surface area contributed by atoms with Crippen molar-refractivity contribution in [3.05, 3.63) is 11.6 Å². The minimum absolute atomic E-state index is 0.107. The second kappa shape index (κ2) is 9.74. The topological polar surface area (TPSA) is 78.9 Å². The first-order valence-electron chi connectivity index (χ1n) is 11.4. The van der Waals surface area contributed by atoms with Crippen molar-refractivity contribution in [1.29, 1.82) is 0 Å². The van der Waals surface area contributed by atoms with Crippen LogP contribution in [0.5, 0.6) is 0 Å². The summed E-state index contributed by atoms with van der Waals surface area (Å²) in [5, 5.41) is 0. The molecule has 0 aromatic carbocycles. The largest absolute Gasteiger partial charge is 0.469 e. The normalized spacial score (nSPS) is 32.8. The molecule has 0 aromatic rings. The lowest BCUT2D eigenvalue weighted by atomic mass is 9.46. The summed E-state index contributed by atoms with van der Waals surface area (Å²) in [5.74, 6) is -0.0621. The molecule has 0 spiro atoms. The van der Waals surface area contributed by atoms with Gasteiger partial charge in [0, 0.05) is 25.7 Å². The number of hydrogen-bond donors (Lipinski definition) is 0. The Bertz CT molecular complexity index is 724. The minimum Gasteiger partial charge on any atom is -0.469 e. The van der Waals surface area contributed by atoms with E-state index in [0.29, 0.717) is 18.8 Å². The molecule has 0 unspecified atom stereocenters. The first-order chi connectivity index (χ1) is 14.3. The van der Waals surface area contributed by atoms with Crippen molar-refractivity contribution < 1.29 is 28.6 Å². The van der Waals surface area contributed by atoms with Crippen molar-refractivity contribution in [3.8, 4) is 0 Å².